The molecule has 0 bridgehead atoms. The molecule has 192 valence electrons. The van der Waals surface area contributed by atoms with Crippen molar-refractivity contribution in [3.63, 3.8) is 0 Å². The number of hydrogen-bond donors (Lipinski definition) is 12. The molecule has 0 aromatic carbocycles. The van der Waals surface area contributed by atoms with Crippen LogP contribution in [0.3, 0.4) is 0 Å². The molecule has 3 unspecified atom stereocenters. The van der Waals surface area contributed by atoms with Crippen LogP contribution in [-0.4, -0.2) is 102 Å². The van der Waals surface area contributed by atoms with Crippen LogP contribution in [-0.2, 0) is 19.2 Å². The zero-order chi connectivity index (χ0) is 25.1. The number of carbonyl (C=O) groups excluding carboxylic acids is 4. The van der Waals surface area contributed by atoms with Crippen LogP contribution in [0.2, 0.25) is 0 Å². The third-order valence-electron chi connectivity index (χ3n) is 4.39. The summed E-state index contributed by atoms with van der Waals surface area (Å²) in [6.07, 6.45) is 0.0558. The SMILES string of the molecule is CNC(=O)CCNC(=O)C(CNC(=O)C(CNCN)NCN)NC(=O)C(CNCN)NCN. The minimum absolute atomic E-state index is 0.0185. The first-order valence-electron chi connectivity index (χ1n) is 10.6. The summed E-state index contributed by atoms with van der Waals surface area (Å²) in [5, 5.41) is 21.4. The minimum atomic E-state index is -1.12. The van der Waals surface area contributed by atoms with Gasteiger partial charge in [-0.2, -0.15) is 0 Å². The van der Waals surface area contributed by atoms with Crippen LogP contribution < -0.4 is 65.5 Å². The maximum Gasteiger partial charge on any atom is 0.244 e. The molecular weight excluding hydrogens is 436 g/mol. The molecular formula is C17H40N12O4. The Morgan fingerprint density at radius 3 is 1.67 bits per heavy atom. The van der Waals surface area contributed by atoms with Crippen molar-refractivity contribution >= 4 is 23.6 Å². The smallest absolute Gasteiger partial charge is 0.244 e. The van der Waals surface area contributed by atoms with E-state index in [1.807, 2.05) is 0 Å². The molecule has 0 saturated heterocycles. The standard InChI is InChI=1S/C17H40N12O4/c1-22-14(30)2-3-25-16(32)13(29-17(33)12(28-10-21)5-24-8-19)6-26-15(31)11(27-9-20)4-23-7-18/h11-13,23-24,27-28H,2-10,18-21H2,1H3,(H,22,30)(H,25,32)(H,26,31)(H,29,33). The number of carbonyl (C=O) groups is 4. The molecule has 0 heterocycles. The monoisotopic (exact) mass is 476 g/mol. The maximum atomic E-state index is 12.7. The molecule has 0 rings (SSSR count). The van der Waals surface area contributed by atoms with Crippen LogP contribution in [0, 0.1) is 0 Å². The van der Waals surface area contributed by atoms with Gasteiger partial charge in [0.25, 0.3) is 0 Å². The van der Waals surface area contributed by atoms with Gasteiger partial charge in [-0.1, -0.05) is 0 Å². The molecule has 0 spiro atoms. The lowest BCUT2D eigenvalue weighted by Crippen LogP contribution is -2.60. The first kappa shape index (κ1) is 30.6. The Morgan fingerprint density at radius 2 is 1.18 bits per heavy atom. The zero-order valence-electron chi connectivity index (χ0n) is 19.0. The van der Waals surface area contributed by atoms with Gasteiger partial charge in [0.2, 0.25) is 23.6 Å². The average Bonchev–Trinajstić information content (AvgIpc) is 2.81. The molecule has 0 aliphatic carbocycles. The van der Waals surface area contributed by atoms with Crippen molar-refractivity contribution in [3.8, 4) is 0 Å². The Labute approximate surface area is 193 Å². The van der Waals surface area contributed by atoms with E-state index in [0.717, 1.165) is 0 Å². The van der Waals surface area contributed by atoms with E-state index in [9.17, 15) is 19.2 Å². The Balaban J connectivity index is 5.21. The van der Waals surface area contributed by atoms with E-state index in [4.69, 9.17) is 22.9 Å². The zero-order valence-corrected chi connectivity index (χ0v) is 19.0. The predicted octanol–water partition coefficient (Wildman–Crippen LogP) is -7.40. The quantitative estimate of drug-likeness (QED) is 0.0775. The van der Waals surface area contributed by atoms with Crippen molar-refractivity contribution in [1.29, 1.82) is 0 Å². The van der Waals surface area contributed by atoms with E-state index in [-0.39, 0.29) is 65.2 Å². The fourth-order valence-electron chi connectivity index (χ4n) is 2.61. The van der Waals surface area contributed by atoms with Crippen LogP contribution in [0.1, 0.15) is 6.42 Å². The van der Waals surface area contributed by atoms with Crippen molar-refractivity contribution in [3.05, 3.63) is 0 Å². The third-order valence-corrected chi connectivity index (χ3v) is 4.39. The summed E-state index contributed by atoms with van der Waals surface area (Å²) >= 11 is 0. The van der Waals surface area contributed by atoms with E-state index in [1.165, 1.54) is 7.05 Å². The lowest BCUT2D eigenvalue weighted by molar-refractivity contribution is -0.130. The average molecular weight is 477 g/mol. The van der Waals surface area contributed by atoms with Gasteiger partial charge in [0.1, 0.15) is 18.1 Å². The van der Waals surface area contributed by atoms with Crippen LogP contribution in [0.4, 0.5) is 0 Å². The summed E-state index contributed by atoms with van der Waals surface area (Å²) in [7, 11) is 1.48. The van der Waals surface area contributed by atoms with Crippen molar-refractivity contribution in [2.24, 2.45) is 22.9 Å². The molecule has 0 aromatic rings. The molecule has 0 aliphatic rings. The summed E-state index contributed by atoms with van der Waals surface area (Å²) in [6, 6.07) is -2.59. The molecule has 16 N–H and O–H groups in total. The highest BCUT2D eigenvalue weighted by Crippen LogP contribution is 1.91. The largest absolute Gasteiger partial charge is 0.359 e. The molecule has 16 nitrogen and oxygen atoms in total. The number of nitrogens with one attached hydrogen (secondary N) is 8. The van der Waals surface area contributed by atoms with Gasteiger partial charge in [-0.15, -0.1) is 0 Å². The topological polar surface area (TPSA) is 269 Å². The lowest BCUT2D eigenvalue weighted by atomic mass is 10.2. The summed E-state index contributed by atoms with van der Waals surface area (Å²) < 4.78 is 0. The predicted molar refractivity (Wildman–Crippen MR) is 123 cm³/mol. The Kier molecular flexibility index (Phi) is 17.7. The van der Waals surface area contributed by atoms with Gasteiger partial charge in [-0.25, -0.2) is 0 Å². The van der Waals surface area contributed by atoms with Crippen molar-refractivity contribution in [2.75, 3.05) is 59.9 Å². The van der Waals surface area contributed by atoms with E-state index < -0.39 is 35.8 Å². The fraction of sp³-hybridized carbons (Fsp3) is 0.765. The summed E-state index contributed by atoms with van der Waals surface area (Å²) in [6.45, 7) is 0.593. The molecule has 33 heavy (non-hydrogen) atoms. The molecule has 0 fully saturated rings. The second kappa shape index (κ2) is 19.1. The van der Waals surface area contributed by atoms with Gasteiger partial charge in [0.15, 0.2) is 0 Å². The first-order valence-corrected chi connectivity index (χ1v) is 10.6. The number of rotatable bonds is 19. The number of hydrogen-bond acceptors (Lipinski definition) is 12. The van der Waals surface area contributed by atoms with E-state index >= 15 is 0 Å². The van der Waals surface area contributed by atoms with Gasteiger partial charge in [-0.05, 0) is 0 Å². The minimum Gasteiger partial charge on any atom is -0.359 e. The van der Waals surface area contributed by atoms with E-state index in [0.29, 0.717) is 0 Å². The van der Waals surface area contributed by atoms with Gasteiger partial charge in [0.05, 0.1) is 0 Å². The number of nitrogens with two attached hydrogens (primary N) is 4. The van der Waals surface area contributed by atoms with Crippen LogP contribution in [0.15, 0.2) is 0 Å². The summed E-state index contributed by atoms with van der Waals surface area (Å²) in [5.74, 6) is -1.80. The van der Waals surface area contributed by atoms with Crippen molar-refractivity contribution in [2.45, 2.75) is 24.5 Å². The van der Waals surface area contributed by atoms with Crippen molar-refractivity contribution < 1.29 is 19.2 Å². The van der Waals surface area contributed by atoms with Crippen LogP contribution in [0.25, 0.3) is 0 Å². The highest BCUT2D eigenvalue weighted by molar-refractivity contribution is 5.91. The molecule has 0 aromatic heterocycles. The Bertz CT molecular complexity index is 594. The molecule has 0 saturated carbocycles. The Hall–Kier alpha value is -2.44. The fourth-order valence-corrected chi connectivity index (χ4v) is 2.61. The molecule has 0 radical (unpaired) electrons. The second-order valence-electron chi connectivity index (χ2n) is 6.76. The van der Waals surface area contributed by atoms with Crippen molar-refractivity contribution in [1.82, 2.24) is 42.5 Å². The molecule has 3 atom stereocenters. The van der Waals surface area contributed by atoms with Gasteiger partial charge >= 0.3 is 0 Å². The molecule has 16 heteroatoms. The van der Waals surface area contributed by atoms with Gasteiger partial charge in [0, 0.05) is 66.3 Å². The Morgan fingerprint density at radius 1 is 0.667 bits per heavy atom. The van der Waals surface area contributed by atoms with E-state index in [2.05, 4.69) is 42.5 Å². The highest BCUT2D eigenvalue weighted by atomic mass is 16.2. The summed E-state index contributed by atoms with van der Waals surface area (Å²) in [5.41, 5.74) is 21.8. The van der Waals surface area contributed by atoms with Crippen LogP contribution in [0.5, 0.6) is 0 Å². The first-order chi connectivity index (χ1) is 15.8. The van der Waals surface area contributed by atoms with Gasteiger partial charge < -0.3 is 54.8 Å². The maximum absolute atomic E-state index is 12.7. The highest BCUT2D eigenvalue weighted by Gasteiger charge is 2.27. The number of amides is 4. The summed E-state index contributed by atoms with van der Waals surface area (Å²) in [4.78, 5) is 49.2. The van der Waals surface area contributed by atoms with Gasteiger partial charge in [-0.3, -0.25) is 29.8 Å². The molecule has 0 aliphatic heterocycles. The molecule has 4 amide bonds. The van der Waals surface area contributed by atoms with E-state index in [1.54, 1.807) is 0 Å². The van der Waals surface area contributed by atoms with Crippen LogP contribution >= 0.6 is 0 Å². The lowest BCUT2D eigenvalue weighted by Gasteiger charge is -2.24. The normalized spacial score (nSPS) is 13.5. The second-order valence-corrected chi connectivity index (χ2v) is 6.76. The third kappa shape index (κ3) is 13.6.